The second-order valence-corrected chi connectivity index (χ2v) is 13.5. The fraction of sp³-hybridized carbons (Fsp3) is 0.966. The molecular weight excluding hydrogens is 764 g/mol. The fourth-order valence-electron chi connectivity index (χ4n) is 6.67. The average molecular weight is 813 g/mol. The minimum atomic E-state index is -2.28. The van der Waals surface area contributed by atoms with Crippen molar-refractivity contribution in [1.82, 2.24) is 0 Å². The van der Waals surface area contributed by atoms with Crippen LogP contribution >= 0.6 is 0 Å². The summed E-state index contributed by atoms with van der Waals surface area (Å²) in [7, 11) is 0. The van der Waals surface area contributed by atoms with E-state index in [0.29, 0.717) is 0 Å². The van der Waals surface area contributed by atoms with Crippen LogP contribution < -0.4 is 0 Å². The molecule has 0 amide bonds. The van der Waals surface area contributed by atoms with Crippen molar-refractivity contribution in [3.05, 3.63) is 0 Å². The normalized spacial score (nSPS) is 52.5. The smallest absolute Gasteiger partial charge is 0.335 e. The van der Waals surface area contributed by atoms with Gasteiger partial charge in [0.25, 0.3) is 0 Å². The van der Waals surface area contributed by atoms with Crippen LogP contribution in [0.3, 0.4) is 0 Å². The maximum Gasteiger partial charge on any atom is 0.335 e. The molecule has 55 heavy (non-hydrogen) atoms. The molecule has 16 N–H and O–H groups in total. The third kappa shape index (κ3) is 9.07. The molecule has 5 aliphatic rings. The van der Waals surface area contributed by atoms with Crippen LogP contribution in [0.5, 0.6) is 0 Å². The van der Waals surface area contributed by atoms with Gasteiger partial charge in [-0.3, -0.25) is 0 Å². The average Bonchev–Trinajstić information content (AvgIpc) is 3.16. The second-order valence-electron chi connectivity index (χ2n) is 13.5. The first-order valence-corrected chi connectivity index (χ1v) is 17.0. The maximum absolute atomic E-state index is 11.8. The van der Waals surface area contributed by atoms with Gasteiger partial charge in [-0.1, -0.05) is 0 Å². The number of carbonyl (C=O) groups is 1. The molecular formula is C29H48O26. The molecule has 24 atom stereocenters. The van der Waals surface area contributed by atoms with Crippen molar-refractivity contribution in [2.24, 2.45) is 0 Å². The van der Waals surface area contributed by atoms with Crippen LogP contribution in [0.25, 0.3) is 0 Å². The van der Waals surface area contributed by atoms with Gasteiger partial charge in [0, 0.05) is 0 Å². The van der Waals surface area contributed by atoms with Crippen LogP contribution in [0.2, 0.25) is 0 Å². The van der Waals surface area contributed by atoms with Crippen molar-refractivity contribution in [2.45, 2.75) is 147 Å². The SMILES string of the molecule is O=C(O)[C@H]1O[C@@H](O[C@@H]2[C@@H](O[C@@H]3[C@H](O)[C@@H](O)O[C@H](CO)[C@H]3O)O[C@H](CO)[C@@H](O)[C@@H]2O[C@H]2O[C@H](CO)[C@@H](O)[C@H](O)[C@@H]2O[C@@H]2OC[C@@H](O)[C@H](O)[C@H]2O)[C@H](O)[C@@H](O)[C@@H]1O. The van der Waals surface area contributed by atoms with E-state index in [-0.39, 0.29) is 0 Å². The van der Waals surface area contributed by atoms with Gasteiger partial charge in [-0.25, -0.2) is 4.79 Å². The number of carboxylic acid groups (broad SMARTS) is 1. The van der Waals surface area contributed by atoms with Crippen LogP contribution in [0, 0.1) is 0 Å². The zero-order chi connectivity index (χ0) is 40.6. The minimum Gasteiger partial charge on any atom is -0.479 e. The Kier molecular flexibility index (Phi) is 15.1. The van der Waals surface area contributed by atoms with Crippen LogP contribution in [-0.4, -0.2) is 262 Å². The molecule has 26 nitrogen and oxygen atoms in total. The number of aliphatic hydroxyl groups is 15. The van der Waals surface area contributed by atoms with E-state index in [1.54, 1.807) is 0 Å². The van der Waals surface area contributed by atoms with Crippen molar-refractivity contribution in [2.75, 3.05) is 26.4 Å². The Morgan fingerprint density at radius 2 is 0.945 bits per heavy atom. The molecule has 0 saturated carbocycles. The Bertz CT molecular complexity index is 1240. The number of aliphatic carboxylic acids is 1. The van der Waals surface area contributed by atoms with E-state index < -0.39 is 180 Å². The maximum atomic E-state index is 11.8. The number of aliphatic hydroxyl groups excluding tert-OH is 15. The summed E-state index contributed by atoms with van der Waals surface area (Å²) in [6.45, 7) is -3.55. The molecule has 0 aromatic rings. The lowest BCUT2D eigenvalue weighted by molar-refractivity contribution is -0.410. The Morgan fingerprint density at radius 1 is 0.455 bits per heavy atom. The summed E-state index contributed by atoms with van der Waals surface area (Å²) < 4.78 is 49.8. The number of rotatable bonds is 12. The molecule has 0 spiro atoms. The summed E-state index contributed by atoms with van der Waals surface area (Å²) >= 11 is 0. The van der Waals surface area contributed by atoms with Crippen molar-refractivity contribution >= 4 is 5.97 Å². The van der Waals surface area contributed by atoms with Gasteiger partial charge in [-0.05, 0) is 0 Å². The first kappa shape index (κ1) is 44.6. The summed E-state index contributed by atoms with van der Waals surface area (Å²) in [6.07, 6.45) is -48.3. The van der Waals surface area contributed by atoms with E-state index in [2.05, 4.69) is 0 Å². The fourth-order valence-corrected chi connectivity index (χ4v) is 6.67. The molecule has 0 unspecified atom stereocenters. The molecule has 5 aliphatic heterocycles. The van der Waals surface area contributed by atoms with E-state index in [1.807, 2.05) is 0 Å². The first-order valence-electron chi connectivity index (χ1n) is 17.0. The molecule has 0 bridgehead atoms. The Balaban J connectivity index is 1.53. The highest BCUT2D eigenvalue weighted by Gasteiger charge is 2.58. The van der Waals surface area contributed by atoms with E-state index in [9.17, 15) is 86.5 Å². The van der Waals surface area contributed by atoms with Crippen LogP contribution in [0.15, 0.2) is 0 Å². The Hall–Kier alpha value is -1.49. The Morgan fingerprint density at radius 3 is 1.55 bits per heavy atom. The number of carboxylic acids is 1. The van der Waals surface area contributed by atoms with Gasteiger partial charge in [0.2, 0.25) is 0 Å². The van der Waals surface area contributed by atoms with Gasteiger partial charge >= 0.3 is 5.97 Å². The largest absolute Gasteiger partial charge is 0.479 e. The van der Waals surface area contributed by atoms with E-state index in [4.69, 9.17) is 42.6 Å². The molecule has 5 rings (SSSR count). The standard InChI is InChI=1S/C29H48O26/c30-1-6-10(35)14(39)22(54-26-16(41)9(34)5(33)4-47-26)28(49-6)52-20-12(37)8(3-32)50-29(51-19-11(36)7(2-31)48-25(46)18(19)43)23(20)55-27-17(42)13(38)15(40)21(53-27)24(44)45/h5-23,25-43,46H,1-4H2,(H,44,45)/t5-,6-,7-,8-,9+,10-,11-,12-,13+,14+,15+,16-,17-,18+,19+,20+,21+,22+,23+,25+,26+,27+,28-,29-/m1/s1. The topological polar surface area (TPSA) is 424 Å². The molecule has 0 aromatic heterocycles. The van der Waals surface area contributed by atoms with Gasteiger partial charge in [0.1, 0.15) is 110 Å². The van der Waals surface area contributed by atoms with Crippen LogP contribution in [0.1, 0.15) is 0 Å². The molecule has 0 radical (unpaired) electrons. The summed E-state index contributed by atoms with van der Waals surface area (Å²) in [5.41, 5.74) is 0. The lowest BCUT2D eigenvalue weighted by atomic mass is 9.95. The lowest BCUT2D eigenvalue weighted by Gasteiger charge is -2.51. The zero-order valence-electron chi connectivity index (χ0n) is 28.4. The summed E-state index contributed by atoms with van der Waals surface area (Å²) in [6, 6.07) is 0. The molecule has 0 aromatic carbocycles. The van der Waals surface area contributed by atoms with Crippen molar-refractivity contribution < 1.29 is 129 Å². The van der Waals surface area contributed by atoms with E-state index in [1.165, 1.54) is 0 Å². The van der Waals surface area contributed by atoms with Crippen LogP contribution in [0.4, 0.5) is 0 Å². The molecule has 5 heterocycles. The van der Waals surface area contributed by atoms with Gasteiger partial charge in [-0.15, -0.1) is 0 Å². The van der Waals surface area contributed by atoms with E-state index >= 15 is 0 Å². The molecule has 5 fully saturated rings. The highest BCUT2D eigenvalue weighted by molar-refractivity contribution is 5.73. The minimum absolute atomic E-state index is 0.594. The zero-order valence-corrected chi connectivity index (χ0v) is 28.4. The first-order chi connectivity index (χ1) is 25.9. The monoisotopic (exact) mass is 812 g/mol. The second kappa shape index (κ2) is 18.6. The van der Waals surface area contributed by atoms with Crippen molar-refractivity contribution in [3.63, 3.8) is 0 Å². The number of ether oxygens (including phenoxy) is 9. The number of hydrogen-bond acceptors (Lipinski definition) is 25. The lowest BCUT2D eigenvalue weighted by Crippen LogP contribution is -2.69. The third-order valence-corrected chi connectivity index (χ3v) is 9.90. The molecule has 5 saturated heterocycles. The van der Waals surface area contributed by atoms with Gasteiger partial charge < -0.3 is 124 Å². The number of hydrogen-bond donors (Lipinski definition) is 16. The van der Waals surface area contributed by atoms with Gasteiger partial charge in [0.05, 0.1) is 26.4 Å². The van der Waals surface area contributed by atoms with Gasteiger partial charge in [-0.2, -0.15) is 0 Å². The predicted octanol–water partition coefficient (Wildman–Crippen LogP) is -11.2. The van der Waals surface area contributed by atoms with Crippen molar-refractivity contribution in [3.8, 4) is 0 Å². The third-order valence-electron chi connectivity index (χ3n) is 9.90. The molecule has 26 heteroatoms. The van der Waals surface area contributed by atoms with Gasteiger partial charge in [0.15, 0.2) is 37.6 Å². The summed E-state index contributed by atoms with van der Waals surface area (Å²) in [4.78, 5) is 11.8. The summed E-state index contributed by atoms with van der Waals surface area (Å²) in [5.74, 6) is -1.84. The predicted molar refractivity (Wildman–Crippen MR) is 161 cm³/mol. The molecule has 0 aliphatic carbocycles. The summed E-state index contributed by atoms with van der Waals surface area (Å²) in [5, 5.41) is 166. The quantitative estimate of drug-likeness (QED) is 0.0870. The highest BCUT2D eigenvalue weighted by atomic mass is 16.8. The molecule has 320 valence electrons. The van der Waals surface area contributed by atoms with Crippen LogP contribution in [-0.2, 0) is 47.4 Å². The van der Waals surface area contributed by atoms with Crippen molar-refractivity contribution in [1.29, 1.82) is 0 Å². The van der Waals surface area contributed by atoms with E-state index in [0.717, 1.165) is 0 Å². The highest BCUT2D eigenvalue weighted by Crippen LogP contribution is 2.37. The Labute approximate surface area is 309 Å².